The van der Waals surface area contributed by atoms with Gasteiger partial charge in [0.2, 0.25) is 5.91 Å². The van der Waals surface area contributed by atoms with Gasteiger partial charge in [-0.3, -0.25) is 4.79 Å². The second-order valence-electron chi connectivity index (χ2n) is 4.78. The fourth-order valence-electron chi connectivity index (χ4n) is 1.59. The Morgan fingerprint density at radius 1 is 1.43 bits per heavy atom. The molecule has 2 atom stereocenters. The second-order valence-corrected chi connectivity index (χ2v) is 4.78. The van der Waals surface area contributed by atoms with Gasteiger partial charge in [0.15, 0.2) is 0 Å². The van der Waals surface area contributed by atoms with Crippen molar-refractivity contribution in [1.82, 2.24) is 5.32 Å². The first kappa shape index (κ1) is 22.6. The maximum absolute atomic E-state index is 11.3. The molecule has 126 valence electrons. The molecule has 7 heteroatoms. The molecule has 3 N–H and O–H groups in total. The summed E-state index contributed by atoms with van der Waals surface area (Å²) in [6, 6.07) is 0. The van der Waals surface area contributed by atoms with Crippen LogP contribution in [-0.2, 0) is 14.4 Å². The standard InChI is InChI=1S/C14H28N2O4.ClH/c1-5-19-9-10-20-16(11-13(4)17)8-6-7-15-14(18)12(2)3;/h13,17H,2,5-11H2,1,3-4H3,(H,15,18);1H. The van der Waals surface area contributed by atoms with Crippen molar-refractivity contribution in [2.75, 3.05) is 39.5 Å². The number of ether oxygens (including phenoxy) is 1. The van der Waals surface area contributed by atoms with Gasteiger partial charge in [0, 0.05) is 25.1 Å². The Hall–Kier alpha value is -0.660. The zero-order valence-corrected chi connectivity index (χ0v) is 14.0. The van der Waals surface area contributed by atoms with Gasteiger partial charge in [0.05, 0.1) is 6.61 Å². The molecule has 0 aromatic heterocycles. The van der Waals surface area contributed by atoms with Crippen LogP contribution in [0, 0.1) is 0 Å². The summed E-state index contributed by atoms with van der Waals surface area (Å²) < 4.78 is 5.20. The minimum Gasteiger partial charge on any atom is -1.00 e. The molecule has 6 nitrogen and oxygen atoms in total. The molecule has 0 aliphatic rings. The number of carbonyl (C=O) groups excluding carboxylic acids is 1. The van der Waals surface area contributed by atoms with Gasteiger partial charge in [-0.15, -0.1) is 0 Å². The number of carbonyl (C=O) groups is 1. The van der Waals surface area contributed by atoms with Crippen LogP contribution in [0.4, 0.5) is 0 Å². The monoisotopic (exact) mass is 324 g/mol. The molecule has 0 fully saturated rings. The highest BCUT2D eigenvalue weighted by atomic mass is 35.5. The molecule has 0 spiro atoms. The van der Waals surface area contributed by atoms with Crippen molar-refractivity contribution in [2.24, 2.45) is 0 Å². The third-order valence-corrected chi connectivity index (χ3v) is 2.57. The average Bonchev–Trinajstić information content (AvgIpc) is 2.38. The summed E-state index contributed by atoms with van der Waals surface area (Å²) in [6.07, 6.45) is 0.345. The van der Waals surface area contributed by atoms with Crippen LogP contribution in [0.1, 0.15) is 27.2 Å². The molecule has 0 saturated carbocycles. The fourth-order valence-corrected chi connectivity index (χ4v) is 1.59. The van der Waals surface area contributed by atoms with Crippen LogP contribution >= 0.6 is 0 Å². The zero-order chi connectivity index (χ0) is 15.4. The maximum atomic E-state index is 11.3. The van der Waals surface area contributed by atoms with E-state index in [1.54, 1.807) is 13.8 Å². The van der Waals surface area contributed by atoms with Crippen LogP contribution in [0.5, 0.6) is 0 Å². The highest BCUT2D eigenvalue weighted by Gasteiger charge is 2.13. The lowest BCUT2D eigenvalue weighted by molar-refractivity contribution is -1.09. The van der Waals surface area contributed by atoms with Crippen LogP contribution in [0.25, 0.3) is 0 Å². The number of aliphatic hydroxyl groups is 1. The SMILES string of the molecule is C=C(C)C(=O)NCCC[NH+](CC(C)O)OCCOCC.[Cl-]. The molecular weight excluding hydrogens is 296 g/mol. The number of hydrogen-bond donors (Lipinski definition) is 3. The summed E-state index contributed by atoms with van der Waals surface area (Å²) in [5.74, 6) is -0.126. The predicted molar refractivity (Wildman–Crippen MR) is 77.3 cm³/mol. The number of nitrogens with one attached hydrogen (secondary N) is 2. The molecule has 0 aromatic carbocycles. The van der Waals surface area contributed by atoms with E-state index in [-0.39, 0.29) is 18.3 Å². The molecule has 0 heterocycles. The largest absolute Gasteiger partial charge is 1.00 e. The molecule has 0 rings (SSSR count). The Morgan fingerprint density at radius 2 is 2.10 bits per heavy atom. The summed E-state index contributed by atoms with van der Waals surface area (Å²) in [6.45, 7) is 12.4. The van der Waals surface area contributed by atoms with E-state index < -0.39 is 6.10 Å². The smallest absolute Gasteiger partial charge is 0.246 e. The first-order valence-corrected chi connectivity index (χ1v) is 7.14. The third kappa shape index (κ3) is 14.1. The number of halogens is 1. The summed E-state index contributed by atoms with van der Waals surface area (Å²) in [7, 11) is 0. The topological polar surface area (TPSA) is 72.2 Å². The van der Waals surface area contributed by atoms with E-state index in [0.717, 1.165) is 11.5 Å². The van der Waals surface area contributed by atoms with Crippen molar-refractivity contribution in [3.8, 4) is 0 Å². The van der Waals surface area contributed by atoms with E-state index in [1.807, 2.05) is 6.92 Å². The van der Waals surface area contributed by atoms with E-state index in [2.05, 4.69) is 11.9 Å². The fraction of sp³-hybridized carbons (Fsp3) is 0.786. The molecule has 1 amide bonds. The van der Waals surface area contributed by atoms with Gasteiger partial charge in [-0.1, -0.05) is 6.58 Å². The minimum absolute atomic E-state index is 0. The van der Waals surface area contributed by atoms with Gasteiger partial charge < -0.3 is 27.6 Å². The Balaban J connectivity index is 0. The molecule has 0 saturated heterocycles. The first-order valence-electron chi connectivity index (χ1n) is 7.14. The molecular formula is C14H29ClN2O4. The number of hydrogen-bond acceptors (Lipinski definition) is 4. The average molecular weight is 325 g/mol. The van der Waals surface area contributed by atoms with Crippen molar-refractivity contribution in [3.63, 3.8) is 0 Å². The van der Waals surface area contributed by atoms with Crippen molar-refractivity contribution in [1.29, 1.82) is 0 Å². The first-order chi connectivity index (χ1) is 9.47. The Morgan fingerprint density at radius 3 is 2.62 bits per heavy atom. The van der Waals surface area contributed by atoms with Crippen molar-refractivity contribution < 1.29 is 36.9 Å². The van der Waals surface area contributed by atoms with Crippen LogP contribution in [0.2, 0.25) is 0 Å². The summed E-state index contributed by atoms with van der Waals surface area (Å²) in [5, 5.41) is 13.1. The summed E-state index contributed by atoms with van der Waals surface area (Å²) in [4.78, 5) is 16.9. The number of aliphatic hydroxyl groups excluding tert-OH is 1. The Bertz CT molecular complexity index is 288. The van der Waals surface area contributed by atoms with Gasteiger partial charge in [0.25, 0.3) is 0 Å². The molecule has 2 unspecified atom stereocenters. The lowest BCUT2D eigenvalue weighted by Crippen LogP contribution is -3.12. The molecule has 0 bridgehead atoms. The highest BCUT2D eigenvalue weighted by Crippen LogP contribution is 1.85. The van der Waals surface area contributed by atoms with Gasteiger partial charge in [-0.25, -0.2) is 4.84 Å². The normalized spacial score (nSPS) is 13.1. The Labute approximate surface area is 133 Å². The van der Waals surface area contributed by atoms with Crippen LogP contribution in [0.3, 0.4) is 0 Å². The van der Waals surface area contributed by atoms with Crippen molar-refractivity contribution >= 4 is 5.91 Å². The maximum Gasteiger partial charge on any atom is 0.246 e. The molecule has 21 heavy (non-hydrogen) atoms. The third-order valence-electron chi connectivity index (χ3n) is 2.57. The van der Waals surface area contributed by atoms with E-state index in [0.29, 0.717) is 45.0 Å². The van der Waals surface area contributed by atoms with Crippen LogP contribution < -0.4 is 22.8 Å². The van der Waals surface area contributed by atoms with E-state index in [4.69, 9.17) is 9.57 Å². The van der Waals surface area contributed by atoms with Crippen molar-refractivity contribution in [3.05, 3.63) is 12.2 Å². The minimum atomic E-state index is -0.429. The Kier molecular flexibility index (Phi) is 15.4. The quantitative estimate of drug-likeness (QED) is 0.196. The zero-order valence-electron chi connectivity index (χ0n) is 13.3. The lowest BCUT2D eigenvalue weighted by atomic mass is 10.3. The van der Waals surface area contributed by atoms with Crippen molar-refractivity contribution in [2.45, 2.75) is 33.3 Å². The predicted octanol–water partition coefficient (Wildman–Crippen LogP) is -3.69. The number of amides is 1. The number of hydroxylamine groups is 2. The van der Waals surface area contributed by atoms with E-state index in [9.17, 15) is 9.90 Å². The highest BCUT2D eigenvalue weighted by molar-refractivity contribution is 5.91. The van der Waals surface area contributed by atoms with Crippen LogP contribution in [-0.4, -0.2) is 56.6 Å². The summed E-state index contributed by atoms with van der Waals surface area (Å²) >= 11 is 0. The van der Waals surface area contributed by atoms with E-state index >= 15 is 0 Å². The van der Waals surface area contributed by atoms with E-state index in [1.165, 1.54) is 0 Å². The molecule has 0 aromatic rings. The van der Waals surface area contributed by atoms with Crippen LogP contribution in [0.15, 0.2) is 12.2 Å². The number of quaternary nitrogens is 1. The van der Waals surface area contributed by atoms with Gasteiger partial charge in [0.1, 0.15) is 25.8 Å². The molecule has 0 radical (unpaired) electrons. The summed E-state index contributed by atoms with van der Waals surface area (Å²) in [5.41, 5.74) is 0.506. The number of rotatable bonds is 12. The lowest BCUT2D eigenvalue weighted by Gasteiger charge is -2.19. The molecule has 0 aliphatic carbocycles. The molecule has 0 aliphatic heterocycles. The second kappa shape index (κ2) is 14.3. The van der Waals surface area contributed by atoms with Gasteiger partial charge >= 0.3 is 0 Å². The van der Waals surface area contributed by atoms with Gasteiger partial charge in [-0.2, -0.15) is 5.06 Å². The van der Waals surface area contributed by atoms with Gasteiger partial charge in [-0.05, 0) is 20.8 Å².